The third-order valence-corrected chi connectivity index (χ3v) is 7.66. The Hall–Kier alpha value is -0.790. The van der Waals surface area contributed by atoms with Gasteiger partial charge in [-0.2, -0.15) is 0 Å². The molecule has 6 aliphatic carbocycles. The Morgan fingerprint density at radius 3 is 2.14 bits per heavy atom. The minimum Gasteiger partial charge on any atom is -0.459 e. The van der Waals surface area contributed by atoms with E-state index in [1.54, 1.807) is 0 Å². The van der Waals surface area contributed by atoms with Gasteiger partial charge in [0.15, 0.2) is 0 Å². The highest BCUT2D eigenvalue weighted by atomic mass is 16.6. The van der Waals surface area contributed by atoms with E-state index in [2.05, 4.69) is 19.1 Å². The number of carbonyl (C=O) groups excluding carboxylic acids is 1. The van der Waals surface area contributed by atoms with Crippen LogP contribution in [0, 0.1) is 41.4 Å². The molecule has 6 bridgehead atoms. The van der Waals surface area contributed by atoms with Gasteiger partial charge in [0.2, 0.25) is 0 Å². The van der Waals surface area contributed by atoms with E-state index in [4.69, 9.17) is 4.74 Å². The maximum Gasteiger partial charge on any atom is 0.310 e. The highest BCUT2D eigenvalue weighted by molar-refractivity contribution is 5.74. The van der Waals surface area contributed by atoms with Gasteiger partial charge in [-0.05, 0) is 87.4 Å². The first-order valence-corrected chi connectivity index (χ1v) is 9.03. The van der Waals surface area contributed by atoms with Crippen molar-refractivity contribution in [3.63, 3.8) is 0 Å². The van der Waals surface area contributed by atoms with Crippen LogP contribution in [-0.4, -0.2) is 11.6 Å². The van der Waals surface area contributed by atoms with Gasteiger partial charge in [0, 0.05) is 0 Å². The van der Waals surface area contributed by atoms with E-state index in [0.29, 0.717) is 23.7 Å². The Balaban J connectivity index is 1.35. The van der Waals surface area contributed by atoms with Gasteiger partial charge in [0.25, 0.3) is 0 Å². The lowest BCUT2D eigenvalue weighted by Gasteiger charge is -2.59. The Labute approximate surface area is 127 Å². The van der Waals surface area contributed by atoms with Gasteiger partial charge in [-0.3, -0.25) is 4.79 Å². The molecule has 0 N–H and O–H groups in total. The molecule has 0 saturated heterocycles. The molecule has 21 heavy (non-hydrogen) atoms. The van der Waals surface area contributed by atoms with Crippen LogP contribution in [0.3, 0.4) is 0 Å². The van der Waals surface area contributed by atoms with Crippen molar-refractivity contribution in [1.82, 2.24) is 0 Å². The Kier molecular flexibility index (Phi) is 2.51. The van der Waals surface area contributed by atoms with Gasteiger partial charge in [-0.1, -0.05) is 12.2 Å². The van der Waals surface area contributed by atoms with Crippen molar-refractivity contribution >= 4 is 5.97 Å². The molecule has 6 aliphatic rings. The van der Waals surface area contributed by atoms with Crippen LogP contribution in [0.5, 0.6) is 0 Å². The number of hydrogen-bond acceptors (Lipinski definition) is 2. The predicted molar refractivity (Wildman–Crippen MR) is 80.4 cm³/mol. The SMILES string of the molecule is CC1(OC(=O)C2C[C@H]3C=C[C@@H]2C3)C2CC3CC(C2)CC1C3. The molecule has 0 amide bonds. The largest absolute Gasteiger partial charge is 0.459 e. The molecular formula is C19H26O2. The van der Waals surface area contributed by atoms with Crippen LogP contribution in [-0.2, 0) is 9.53 Å². The molecule has 0 aromatic heterocycles. The summed E-state index contributed by atoms with van der Waals surface area (Å²) in [6.45, 7) is 2.26. The molecule has 0 aromatic rings. The summed E-state index contributed by atoms with van der Waals surface area (Å²) in [7, 11) is 0. The summed E-state index contributed by atoms with van der Waals surface area (Å²) in [6.07, 6.45) is 13.5. The molecule has 114 valence electrons. The molecule has 0 aromatic carbocycles. The average molecular weight is 286 g/mol. The highest BCUT2D eigenvalue weighted by Crippen LogP contribution is 2.60. The summed E-state index contributed by atoms with van der Waals surface area (Å²) < 4.78 is 6.28. The summed E-state index contributed by atoms with van der Waals surface area (Å²) in [5.41, 5.74) is -0.143. The lowest BCUT2D eigenvalue weighted by atomic mass is 9.50. The van der Waals surface area contributed by atoms with Crippen molar-refractivity contribution in [3.8, 4) is 0 Å². The molecule has 6 rings (SSSR count). The Bertz CT molecular complexity index is 478. The fourth-order valence-electron chi connectivity index (χ4n) is 6.63. The molecule has 2 nitrogen and oxygen atoms in total. The highest BCUT2D eigenvalue weighted by Gasteiger charge is 2.57. The standard InChI is InChI=1S/C19H26O2/c1-19(15-6-12-4-13(8-15)9-16(19)7-12)21-18(20)17-10-11-2-3-14(17)5-11/h2-3,11-17H,4-10H2,1H3/t11-,12?,13?,14+,15?,16?,17?,19?/m0/s1. The number of fused-ring (bicyclic) bond motifs is 2. The zero-order valence-corrected chi connectivity index (χ0v) is 13.0. The quantitative estimate of drug-likeness (QED) is 0.567. The number of carbonyl (C=O) groups is 1. The van der Waals surface area contributed by atoms with Crippen LogP contribution < -0.4 is 0 Å². The lowest BCUT2D eigenvalue weighted by molar-refractivity contribution is -0.207. The molecule has 1 unspecified atom stereocenters. The molecular weight excluding hydrogens is 260 g/mol. The van der Waals surface area contributed by atoms with E-state index >= 15 is 0 Å². The summed E-state index contributed by atoms with van der Waals surface area (Å²) in [5, 5.41) is 0. The summed E-state index contributed by atoms with van der Waals surface area (Å²) in [5.74, 6) is 4.57. The van der Waals surface area contributed by atoms with Gasteiger partial charge in [-0.15, -0.1) is 0 Å². The number of allylic oxidation sites excluding steroid dienone is 2. The predicted octanol–water partition coefficient (Wildman–Crippen LogP) is 3.96. The first kappa shape index (κ1) is 12.7. The molecule has 0 aliphatic heterocycles. The molecule has 3 atom stereocenters. The van der Waals surface area contributed by atoms with Crippen molar-refractivity contribution in [3.05, 3.63) is 12.2 Å². The van der Waals surface area contributed by atoms with Gasteiger partial charge < -0.3 is 4.74 Å². The van der Waals surface area contributed by atoms with Crippen molar-refractivity contribution in [1.29, 1.82) is 0 Å². The zero-order valence-electron chi connectivity index (χ0n) is 13.0. The number of esters is 1. The van der Waals surface area contributed by atoms with Crippen LogP contribution in [0.2, 0.25) is 0 Å². The van der Waals surface area contributed by atoms with E-state index in [1.165, 1.54) is 38.5 Å². The summed E-state index contributed by atoms with van der Waals surface area (Å²) in [6, 6.07) is 0. The lowest BCUT2D eigenvalue weighted by Crippen LogP contribution is -2.58. The second-order valence-electron chi connectivity index (χ2n) is 8.80. The smallest absolute Gasteiger partial charge is 0.310 e. The van der Waals surface area contributed by atoms with Crippen LogP contribution in [0.15, 0.2) is 12.2 Å². The van der Waals surface area contributed by atoms with Gasteiger partial charge in [-0.25, -0.2) is 0 Å². The van der Waals surface area contributed by atoms with Gasteiger partial charge in [0.1, 0.15) is 5.60 Å². The minimum atomic E-state index is -0.143. The Morgan fingerprint density at radius 2 is 1.62 bits per heavy atom. The molecule has 0 spiro atoms. The molecule has 5 saturated carbocycles. The second kappa shape index (κ2) is 4.14. The molecule has 0 heterocycles. The van der Waals surface area contributed by atoms with Crippen LogP contribution in [0.25, 0.3) is 0 Å². The van der Waals surface area contributed by atoms with Gasteiger partial charge >= 0.3 is 5.97 Å². The average Bonchev–Trinajstić information content (AvgIpc) is 3.07. The second-order valence-corrected chi connectivity index (χ2v) is 8.80. The van der Waals surface area contributed by atoms with Gasteiger partial charge in [0.05, 0.1) is 5.92 Å². The fourth-order valence-corrected chi connectivity index (χ4v) is 6.63. The van der Waals surface area contributed by atoms with Crippen LogP contribution in [0.4, 0.5) is 0 Å². The van der Waals surface area contributed by atoms with Crippen molar-refractivity contribution < 1.29 is 9.53 Å². The number of ether oxygens (including phenoxy) is 1. The zero-order chi connectivity index (χ0) is 14.2. The maximum absolute atomic E-state index is 12.8. The maximum atomic E-state index is 12.8. The Morgan fingerprint density at radius 1 is 0.952 bits per heavy atom. The van der Waals surface area contributed by atoms with E-state index in [0.717, 1.165) is 18.3 Å². The van der Waals surface area contributed by atoms with Crippen molar-refractivity contribution in [2.24, 2.45) is 41.4 Å². The van der Waals surface area contributed by atoms with E-state index in [9.17, 15) is 4.79 Å². The molecule has 5 fully saturated rings. The van der Waals surface area contributed by atoms with E-state index in [-0.39, 0.29) is 17.5 Å². The van der Waals surface area contributed by atoms with Crippen molar-refractivity contribution in [2.45, 2.75) is 57.5 Å². The first-order chi connectivity index (χ1) is 10.1. The first-order valence-electron chi connectivity index (χ1n) is 9.03. The monoisotopic (exact) mass is 286 g/mol. The number of hydrogen-bond donors (Lipinski definition) is 0. The summed E-state index contributed by atoms with van der Waals surface area (Å²) in [4.78, 5) is 12.8. The van der Waals surface area contributed by atoms with E-state index in [1.807, 2.05) is 0 Å². The van der Waals surface area contributed by atoms with Crippen LogP contribution in [0.1, 0.15) is 51.9 Å². The number of rotatable bonds is 2. The minimum absolute atomic E-state index is 0.127. The third kappa shape index (κ3) is 1.74. The van der Waals surface area contributed by atoms with Crippen molar-refractivity contribution in [2.75, 3.05) is 0 Å². The topological polar surface area (TPSA) is 26.3 Å². The molecule has 0 radical (unpaired) electrons. The van der Waals surface area contributed by atoms with Crippen LogP contribution >= 0.6 is 0 Å². The normalized spacial score (nSPS) is 56.1. The fraction of sp³-hybridized carbons (Fsp3) is 0.842. The van der Waals surface area contributed by atoms with E-state index < -0.39 is 0 Å². The summed E-state index contributed by atoms with van der Waals surface area (Å²) >= 11 is 0. The third-order valence-electron chi connectivity index (χ3n) is 7.66. The molecule has 2 heteroatoms.